The largest absolute Gasteiger partial charge is 0.497 e. The van der Waals surface area contributed by atoms with Crippen LogP contribution in [0.4, 0.5) is 0 Å². The first-order chi connectivity index (χ1) is 11.5. The maximum atomic E-state index is 12.4. The number of allylic oxidation sites excluding steroid dienone is 2. The molecule has 0 bridgehead atoms. The van der Waals surface area contributed by atoms with Crippen molar-refractivity contribution in [1.29, 1.82) is 0 Å². The predicted octanol–water partition coefficient (Wildman–Crippen LogP) is 4.45. The smallest absolute Gasteiger partial charge is 0.232 e. The Kier molecular flexibility index (Phi) is 4.30. The van der Waals surface area contributed by atoms with Crippen molar-refractivity contribution in [3.05, 3.63) is 64.4 Å². The van der Waals surface area contributed by atoms with Gasteiger partial charge in [-0.1, -0.05) is 12.1 Å². The van der Waals surface area contributed by atoms with Crippen molar-refractivity contribution in [1.82, 2.24) is 0 Å². The number of methoxy groups -OCH3 is 1. The number of ether oxygens (including phenoxy) is 3. The van der Waals surface area contributed by atoms with Gasteiger partial charge in [-0.2, -0.15) is 0 Å². The zero-order chi connectivity index (χ0) is 17.3. The van der Waals surface area contributed by atoms with Crippen LogP contribution in [-0.4, -0.2) is 12.9 Å². The lowest BCUT2D eigenvalue weighted by Crippen LogP contribution is -2.01. The second-order valence-electron chi connectivity index (χ2n) is 6.01. The molecule has 1 aliphatic heterocycles. The van der Waals surface area contributed by atoms with E-state index in [4.69, 9.17) is 14.2 Å². The monoisotopic (exact) mass is 324 g/mol. The number of aryl methyl sites for hydroxylation is 1. The molecular weight excluding hydrogens is 304 g/mol. The van der Waals surface area contributed by atoms with Crippen LogP contribution in [0.15, 0.2) is 47.7 Å². The number of carbonyl (C=O) groups excluding carboxylic acids is 1. The minimum Gasteiger partial charge on any atom is -0.497 e. The van der Waals surface area contributed by atoms with E-state index in [2.05, 4.69) is 0 Å². The zero-order valence-electron chi connectivity index (χ0n) is 14.3. The van der Waals surface area contributed by atoms with Crippen LogP contribution >= 0.6 is 0 Å². The van der Waals surface area contributed by atoms with Gasteiger partial charge >= 0.3 is 0 Å². The standard InChI is InChI=1S/C20H20O4/c1-12(2)20-19(21)18-13(3)8-16(10-17(18)24-20)23-11-14-6-5-7-15(9-14)22-4/h5-10H,11H2,1-4H3. The summed E-state index contributed by atoms with van der Waals surface area (Å²) in [5.41, 5.74) is 3.36. The average molecular weight is 324 g/mol. The fourth-order valence-electron chi connectivity index (χ4n) is 2.71. The number of ketones is 1. The van der Waals surface area contributed by atoms with Gasteiger partial charge in [-0.15, -0.1) is 0 Å². The molecule has 124 valence electrons. The number of hydrogen-bond donors (Lipinski definition) is 0. The van der Waals surface area contributed by atoms with Crippen LogP contribution in [-0.2, 0) is 6.61 Å². The highest BCUT2D eigenvalue weighted by molar-refractivity contribution is 6.13. The second kappa shape index (κ2) is 6.40. The van der Waals surface area contributed by atoms with Gasteiger partial charge < -0.3 is 14.2 Å². The number of Topliss-reactive ketones (excluding diaryl/α,β-unsaturated/α-hetero) is 1. The minimum absolute atomic E-state index is 0.0538. The van der Waals surface area contributed by atoms with Gasteiger partial charge in [-0.3, -0.25) is 4.79 Å². The summed E-state index contributed by atoms with van der Waals surface area (Å²) in [7, 11) is 1.64. The van der Waals surface area contributed by atoms with Gasteiger partial charge in [0.1, 0.15) is 23.9 Å². The highest BCUT2D eigenvalue weighted by Gasteiger charge is 2.30. The highest BCUT2D eigenvalue weighted by atomic mass is 16.5. The maximum Gasteiger partial charge on any atom is 0.232 e. The Bertz CT molecular complexity index is 830. The Morgan fingerprint density at radius 3 is 2.62 bits per heavy atom. The molecule has 4 nitrogen and oxygen atoms in total. The van der Waals surface area contributed by atoms with E-state index in [1.165, 1.54) is 0 Å². The van der Waals surface area contributed by atoms with E-state index in [-0.39, 0.29) is 5.78 Å². The van der Waals surface area contributed by atoms with E-state index >= 15 is 0 Å². The molecule has 2 aromatic rings. The van der Waals surface area contributed by atoms with E-state index in [0.29, 0.717) is 29.4 Å². The molecule has 0 atom stereocenters. The normalized spacial score (nSPS) is 12.7. The lowest BCUT2D eigenvalue weighted by atomic mass is 10.0. The van der Waals surface area contributed by atoms with Gasteiger partial charge in [0.05, 0.1) is 12.7 Å². The lowest BCUT2D eigenvalue weighted by Gasteiger charge is -2.10. The summed E-state index contributed by atoms with van der Waals surface area (Å²) in [5, 5.41) is 0. The molecule has 4 heteroatoms. The van der Waals surface area contributed by atoms with Crippen molar-refractivity contribution in [2.45, 2.75) is 27.4 Å². The third-order valence-corrected chi connectivity index (χ3v) is 3.91. The summed E-state index contributed by atoms with van der Waals surface area (Å²) in [4.78, 5) is 12.4. The van der Waals surface area contributed by atoms with Crippen molar-refractivity contribution in [2.75, 3.05) is 7.11 Å². The summed E-state index contributed by atoms with van der Waals surface area (Å²) in [6, 6.07) is 11.4. The van der Waals surface area contributed by atoms with Crippen molar-refractivity contribution in [3.63, 3.8) is 0 Å². The van der Waals surface area contributed by atoms with Crippen LogP contribution in [0.2, 0.25) is 0 Å². The Hall–Kier alpha value is -2.75. The predicted molar refractivity (Wildman–Crippen MR) is 91.8 cm³/mol. The van der Waals surface area contributed by atoms with Crippen LogP contribution in [0.1, 0.15) is 35.3 Å². The third kappa shape index (κ3) is 3.00. The van der Waals surface area contributed by atoms with Crippen molar-refractivity contribution in [2.24, 2.45) is 0 Å². The molecule has 0 amide bonds. The van der Waals surface area contributed by atoms with Gasteiger partial charge in [-0.05, 0) is 55.7 Å². The van der Waals surface area contributed by atoms with E-state index in [1.54, 1.807) is 13.2 Å². The Labute approximate surface area is 141 Å². The molecule has 1 aliphatic rings. The molecule has 0 aromatic heterocycles. The number of rotatable bonds is 4. The number of carbonyl (C=O) groups is 1. The molecule has 0 fully saturated rings. The van der Waals surface area contributed by atoms with E-state index in [1.807, 2.05) is 51.1 Å². The van der Waals surface area contributed by atoms with Crippen molar-refractivity contribution < 1.29 is 19.0 Å². The third-order valence-electron chi connectivity index (χ3n) is 3.91. The average Bonchev–Trinajstić information content (AvgIpc) is 2.90. The maximum absolute atomic E-state index is 12.4. The zero-order valence-corrected chi connectivity index (χ0v) is 14.3. The Morgan fingerprint density at radius 2 is 1.92 bits per heavy atom. The van der Waals surface area contributed by atoms with Gasteiger partial charge in [0.15, 0.2) is 5.76 Å². The van der Waals surface area contributed by atoms with E-state index in [9.17, 15) is 4.79 Å². The first-order valence-electron chi connectivity index (χ1n) is 7.80. The molecule has 0 aliphatic carbocycles. The molecule has 3 rings (SSSR count). The van der Waals surface area contributed by atoms with Crippen LogP contribution in [0.5, 0.6) is 17.2 Å². The molecule has 0 spiro atoms. The van der Waals surface area contributed by atoms with Gasteiger partial charge in [-0.25, -0.2) is 0 Å². The van der Waals surface area contributed by atoms with Gasteiger partial charge in [0, 0.05) is 6.07 Å². The molecule has 0 radical (unpaired) electrons. The second-order valence-corrected chi connectivity index (χ2v) is 6.01. The number of fused-ring (bicyclic) bond motifs is 1. The van der Waals surface area contributed by atoms with Crippen LogP contribution in [0, 0.1) is 6.92 Å². The summed E-state index contributed by atoms with van der Waals surface area (Å²) in [6.07, 6.45) is 0. The van der Waals surface area contributed by atoms with E-state index in [0.717, 1.165) is 22.4 Å². The summed E-state index contributed by atoms with van der Waals surface area (Å²) < 4.78 is 16.8. The van der Waals surface area contributed by atoms with Gasteiger partial charge in [0.25, 0.3) is 0 Å². The lowest BCUT2D eigenvalue weighted by molar-refractivity contribution is 0.101. The Balaban J connectivity index is 1.82. The number of benzene rings is 2. The summed E-state index contributed by atoms with van der Waals surface area (Å²) in [6.45, 7) is 6.05. The molecule has 0 unspecified atom stereocenters. The Morgan fingerprint density at radius 1 is 1.12 bits per heavy atom. The first-order valence-corrected chi connectivity index (χ1v) is 7.80. The van der Waals surface area contributed by atoms with E-state index < -0.39 is 0 Å². The molecule has 24 heavy (non-hydrogen) atoms. The molecular formula is C20H20O4. The van der Waals surface area contributed by atoms with Gasteiger partial charge in [0.2, 0.25) is 5.78 Å². The fraction of sp³-hybridized carbons (Fsp3) is 0.250. The van der Waals surface area contributed by atoms with Crippen LogP contribution in [0.3, 0.4) is 0 Å². The SMILES string of the molecule is COc1cccc(COc2cc(C)c3c(c2)OC(=C(C)C)C3=O)c1. The first kappa shape index (κ1) is 16.1. The molecule has 1 heterocycles. The number of hydrogen-bond acceptors (Lipinski definition) is 4. The van der Waals surface area contributed by atoms with Crippen LogP contribution < -0.4 is 14.2 Å². The molecule has 0 saturated carbocycles. The molecule has 2 aromatic carbocycles. The van der Waals surface area contributed by atoms with Crippen molar-refractivity contribution in [3.8, 4) is 17.2 Å². The summed E-state index contributed by atoms with van der Waals surface area (Å²) in [5.74, 6) is 2.40. The molecule has 0 N–H and O–H groups in total. The van der Waals surface area contributed by atoms with Crippen molar-refractivity contribution >= 4 is 5.78 Å². The highest BCUT2D eigenvalue weighted by Crippen LogP contribution is 2.38. The molecule has 0 saturated heterocycles. The quantitative estimate of drug-likeness (QED) is 0.779. The topological polar surface area (TPSA) is 44.8 Å². The van der Waals surface area contributed by atoms with Crippen LogP contribution in [0.25, 0.3) is 0 Å². The minimum atomic E-state index is -0.0538. The summed E-state index contributed by atoms with van der Waals surface area (Å²) >= 11 is 0. The fourth-order valence-corrected chi connectivity index (χ4v) is 2.71.